The summed E-state index contributed by atoms with van der Waals surface area (Å²) in [6, 6.07) is 3.85. The van der Waals surface area contributed by atoms with Gasteiger partial charge in [0.2, 0.25) is 0 Å². The Morgan fingerprint density at radius 1 is 1.50 bits per heavy atom. The van der Waals surface area contributed by atoms with E-state index in [0.29, 0.717) is 0 Å². The molecule has 1 aromatic rings. The molecule has 76 valence electrons. The molecule has 1 atom stereocenters. The van der Waals surface area contributed by atoms with Crippen LogP contribution < -0.4 is 0 Å². The number of rotatable bonds is 4. The Bertz CT molecular complexity index is 292. The summed E-state index contributed by atoms with van der Waals surface area (Å²) in [7, 11) is 0. The minimum atomic E-state index is -0.586. The van der Waals surface area contributed by atoms with Gasteiger partial charge in [-0.2, -0.15) is 0 Å². The summed E-state index contributed by atoms with van der Waals surface area (Å²) in [5.41, 5.74) is 0. The molecule has 1 heterocycles. The van der Waals surface area contributed by atoms with E-state index < -0.39 is 6.10 Å². The Morgan fingerprint density at radius 3 is 3.00 bits per heavy atom. The smallest absolute Gasteiger partial charge is 0.149 e. The molecule has 0 aliphatic carbocycles. The van der Waals surface area contributed by atoms with E-state index in [0.717, 1.165) is 17.7 Å². The van der Waals surface area contributed by atoms with Crippen LogP contribution in [-0.4, -0.2) is 5.11 Å². The van der Waals surface area contributed by atoms with E-state index >= 15 is 0 Å². The lowest BCUT2D eigenvalue weighted by atomic mass is 10.2. The average molecular weight is 208 g/mol. The average Bonchev–Trinajstić information content (AvgIpc) is 2.70. The van der Waals surface area contributed by atoms with E-state index in [1.54, 1.807) is 11.3 Å². The van der Waals surface area contributed by atoms with Crippen molar-refractivity contribution in [3.05, 3.63) is 22.4 Å². The first-order valence-electron chi connectivity index (χ1n) is 5.04. The highest BCUT2D eigenvalue weighted by Crippen LogP contribution is 2.17. The summed E-state index contributed by atoms with van der Waals surface area (Å²) in [5, 5.41) is 11.6. The van der Waals surface area contributed by atoms with Gasteiger partial charge < -0.3 is 5.11 Å². The van der Waals surface area contributed by atoms with Crippen LogP contribution in [0.4, 0.5) is 0 Å². The molecule has 2 heteroatoms. The topological polar surface area (TPSA) is 20.2 Å². The standard InChI is InChI=1S/C12H16OS/c1-2-3-4-5-6-8-11(13)12-9-7-10-14-12/h7,9-11,13H,2-5H2,1H3. The molecule has 1 aromatic heterocycles. The van der Waals surface area contributed by atoms with E-state index in [4.69, 9.17) is 0 Å². The highest BCUT2D eigenvalue weighted by molar-refractivity contribution is 7.10. The third-order valence-electron chi connectivity index (χ3n) is 1.96. The zero-order valence-corrected chi connectivity index (χ0v) is 9.31. The van der Waals surface area contributed by atoms with E-state index in [1.807, 2.05) is 17.5 Å². The molecular weight excluding hydrogens is 192 g/mol. The van der Waals surface area contributed by atoms with E-state index in [-0.39, 0.29) is 0 Å². The number of unbranched alkanes of at least 4 members (excludes halogenated alkanes) is 3. The third kappa shape index (κ3) is 3.95. The van der Waals surface area contributed by atoms with Gasteiger partial charge in [0.15, 0.2) is 0 Å². The molecule has 0 saturated carbocycles. The maximum atomic E-state index is 9.60. The number of aliphatic hydroxyl groups excluding tert-OH is 1. The molecule has 0 spiro atoms. The zero-order chi connectivity index (χ0) is 10.2. The molecule has 0 radical (unpaired) electrons. The van der Waals surface area contributed by atoms with Crippen LogP contribution in [0.25, 0.3) is 0 Å². The minimum Gasteiger partial charge on any atom is -0.375 e. The first-order valence-corrected chi connectivity index (χ1v) is 5.92. The van der Waals surface area contributed by atoms with Crippen molar-refractivity contribution in [3.63, 3.8) is 0 Å². The molecular formula is C12H16OS. The Kier molecular flexibility index (Phi) is 5.36. The molecule has 0 fully saturated rings. The number of thiophene rings is 1. The van der Waals surface area contributed by atoms with Crippen molar-refractivity contribution in [1.82, 2.24) is 0 Å². The second-order valence-corrected chi connectivity index (χ2v) is 4.18. The van der Waals surface area contributed by atoms with Crippen molar-refractivity contribution >= 4 is 11.3 Å². The van der Waals surface area contributed by atoms with Crippen molar-refractivity contribution in [3.8, 4) is 11.8 Å². The fourth-order valence-corrected chi connectivity index (χ4v) is 1.81. The second kappa shape index (κ2) is 6.64. The van der Waals surface area contributed by atoms with Crippen LogP contribution in [0.2, 0.25) is 0 Å². The van der Waals surface area contributed by atoms with Gasteiger partial charge in [-0.1, -0.05) is 31.8 Å². The highest BCUT2D eigenvalue weighted by Gasteiger charge is 2.02. The van der Waals surface area contributed by atoms with Gasteiger partial charge in [0.25, 0.3) is 0 Å². The first-order chi connectivity index (χ1) is 6.84. The molecule has 1 nitrogen and oxygen atoms in total. The van der Waals surface area contributed by atoms with Crippen LogP contribution in [0.3, 0.4) is 0 Å². The Balaban J connectivity index is 2.29. The monoisotopic (exact) mass is 208 g/mol. The van der Waals surface area contributed by atoms with Gasteiger partial charge in [-0.05, 0) is 17.9 Å². The van der Waals surface area contributed by atoms with Gasteiger partial charge in [-0.15, -0.1) is 17.3 Å². The molecule has 1 rings (SSSR count). The summed E-state index contributed by atoms with van der Waals surface area (Å²) in [4.78, 5) is 0.938. The van der Waals surface area contributed by atoms with Crippen molar-refractivity contribution in [1.29, 1.82) is 0 Å². The minimum absolute atomic E-state index is 0.586. The lowest BCUT2D eigenvalue weighted by Gasteiger charge is -1.97. The molecule has 0 aliphatic rings. The predicted molar refractivity (Wildman–Crippen MR) is 61.2 cm³/mol. The van der Waals surface area contributed by atoms with Crippen LogP contribution in [0.15, 0.2) is 17.5 Å². The summed E-state index contributed by atoms with van der Waals surface area (Å²) < 4.78 is 0. The van der Waals surface area contributed by atoms with Crippen LogP contribution in [-0.2, 0) is 0 Å². The third-order valence-corrected chi connectivity index (χ3v) is 2.88. The van der Waals surface area contributed by atoms with Crippen molar-refractivity contribution in [2.24, 2.45) is 0 Å². The fourth-order valence-electron chi connectivity index (χ4n) is 1.15. The molecule has 1 unspecified atom stereocenters. The van der Waals surface area contributed by atoms with Crippen LogP contribution in [0, 0.1) is 11.8 Å². The zero-order valence-electron chi connectivity index (χ0n) is 8.49. The number of hydrogen-bond acceptors (Lipinski definition) is 2. The number of aliphatic hydroxyl groups is 1. The number of hydrogen-bond donors (Lipinski definition) is 1. The molecule has 0 aliphatic heterocycles. The van der Waals surface area contributed by atoms with Crippen molar-refractivity contribution in [2.75, 3.05) is 0 Å². The summed E-state index contributed by atoms with van der Waals surface area (Å²) in [6.07, 6.45) is 3.90. The maximum Gasteiger partial charge on any atom is 0.149 e. The predicted octanol–water partition coefficient (Wildman–Crippen LogP) is 3.37. The van der Waals surface area contributed by atoms with Gasteiger partial charge in [0, 0.05) is 11.3 Å². The maximum absolute atomic E-state index is 9.60. The highest BCUT2D eigenvalue weighted by atomic mass is 32.1. The summed E-state index contributed by atoms with van der Waals surface area (Å²) in [5.74, 6) is 5.87. The lowest BCUT2D eigenvalue weighted by molar-refractivity contribution is 0.242. The quantitative estimate of drug-likeness (QED) is 0.594. The Labute approximate surface area is 89.8 Å². The Hall–Kier alpha value is -0.780. The first kappa shape index (κ1) is 11.3. The van der Waals surface area contributed by atoms with Gasteiger partial charge >= 0.3 is 0 Å². The summed E-state index contributed by atoms with van der Waals surface area (Å²) in [6.45, 7) is 2.17. The summed E-state index contributed by atoms with van der Waals surface area (Å²) >= 11 is 1.55. The SMILES string of the molecule is CCCCCC#CC(O)c1cccs1. The normalized spacial score (nSPS) is 11.9. The van der Waals surface area contributed by atoms with Crippen molar-refractivity contribution in [2.45, 2.75) is 38.7 Å². The van der Waals surface area contributed by atoms with Crippen LogP contribution >= 0.6 is 11.3 Å². The van der Waals surface area contributed by atoms with Crippen LogP contribution in [0.5, 0.6) is 0 Å². The molecule has 0 aromatic carbocycles. The lowest BCUT2D eigenvalue weighted by Crippen LogP contribution is -1.88. The van der Waals surface area contributed by atoms with Crippen LogP contribution in [0.1, 0.15) is 43.6 Å². The van der Waals surface area contributed by atoms with E-state index in [2.05, 4.69) is 18.8 Å². The van der Waals surface area contributed by atoms with E-state index in [1.165, 1.54) is 12.8 Å². The molecule has 14 heavy (non-hydrogen) atoms. The molecule has 0 bridgehead atoms. The fraction of sp³-hybridized carbons (Fsp3) is 0.500. The van der Waals surface area contributed by atoms with Gasteiger partial charge in [0.1, 0.15) is 6.10 Å². The molecule has 0 amide bonds. The van der Waals surface area contributed by atoms with Crippen molar-refractivity contribution < 1.29 is 5.11 Å². The van der Waals surface area contributed by atoms with Gasteiger partial charge in [-0.25, -0.2) is 0 Å². The molecule has 1 N–H and O–H groups in total. The second-order valence-electron chi connectivity index (χ2n) is 3.20. The Morgan fingerprint density at radius 2 is 2.36 bits per heavy atom. The van der Waals surface area contributed by atoms with Gasteiger partial charge in [0.05, 0.1) is 0 Å². The molecule has 0 saturated heterocycles. The van der Waals surface area contributed by atoms with E-state index in [9.17, 15) is 5.11 Å². The largest absolute Gasteiger partial charge is 0.375 e. The van der Waals surface area contributed by atoms with Gasteiger partial charge in [-0.3, -0.25) is 0 Å².